The number of aromatic nitrogens is 2. The molecule has 1 aromatic carbocycles. The molecule has 4 nitrogen and oxygen atoms in total. The van der Waals surface area contributed by atoms with Crippen molar-refractivity contribution in [1.82, 2.24) is 14.7 Å². The second-order valence-corrected chi connectivity index (χ2v) is 5.51. The van der Waals surface area contributed by atoms with Gasteiger partial charge >= 0.3 is 0 Å². The topological polar surface area (TPSA) is 47.1 Å². The number of nitrogens with zero attached hydrogens (tertiary/aromatic N) is 3. The van der Waals surface area contributed by atoms with Crippen molar-refractivity contribution in [1.29, 1.82) is 0 Å². The molecule has 20 heavy (non-hydrogen) atoms. The Labute approximate surface area is 120 Å². The van der Waals surface area contributed by atoms with E-state index in [0.717, 1.165) is 26.2 Å². The van der Waals surface area contributed by atoms with Gasteiger partial charge in [-0.3, -0.25) is 9.58 Å². The largest absolute Gasteiger partial charge is 0.326 e. The van der Waals surface area contributed by atoms with E-state index in [9.17, 15) is 0 Å². The summed E-state index contributed by atoms with van der Waals surface area (Å²) in [6.45, 7) is 5.96. The summed E-state index contributed by atoms with van der Waals surface area (Å²) >= 11 is 0. The lowest BCUT2D eigenvalue weighted by molar-refractivity contribution is 0.312. The highest BCUT2D eigenvalue weighted by Crippen LogP contribution is 2.27. The van der Waals surface area contributed by atoms with Crippen LogP contribution in [0.25, 0.3) is 0 Å². The summed E-state index contributed by atoms with van der Waals surface area (Å²) in [4.78, 5) is 2.44. The van der Waals surface area contributed by atoms with Gasteiger partial charge in [0.2, 0.25) is 0 Å². The van der Waals surface area contributed by atoms with E-state index in [1.165, 1.54) is 11.3 Å². The quantitative estimate of drug-likeness (QED) is 0.922. The smallest absolute Gasteiger partial charge is 0.0524 e. The van der Waals surface area contributed by atoms with Crippen molar-refractivity contribution in [3.05, 3.63) is 53.9 Å². The van der Waals surface area contributed by atoms with Gasteiger partial charge in [-0.15, -0.1) is 0 Å². The molecule has 0 radical (unpaired) electrons. The van der Waals surface area contributed by atoms with E-state index in [1.54, 1.807) is 0 Å². The van der Waals surface area contributed by atoms with Crippen molar-refractivity contribution >= 4 is 0 Å². The number of aryl methyl sites for hydroxylation is 1. The molecule has 0 amide bonds. The van der Waals surface area contributed by atoms with E-state index in [1.807, 2.05) is 6.20 Å². The van der Waals surface area contributed by atoms with Crippen LogP contribution in [0.3, 0.4) is 0 Å². The summed E-state index contributed by atoms with van der Waals surface area (Å²) in [6, 6.07) is 12.9. The van der Waals surface area contributed by atoms with E-state index in [-0.39, 0.29) is 6.04 Å². The van der Waals surface area contributed by atoms with Gasteiger partial charge in [-0.1, -0.05) is 30.3 Å². The predicted molar refractivity (Wildman–Crippen MR) is 80.3 cm³/mol. The second kappa shape index (κ2) is 5.77. The molecule has 0 spiro atoms. The van der Waals surface area contributed by atoms with Gasteiger partial charge in [-0.25, -0.2) is 0 Å². The molecule has 0 saturated carbocycles. The Hall–Kier alpha value is -1.65. The van der Waals surface area contributed by atoms with Crippen LogP contribution in [0.15, 0.2) is 42.6 Å². The molecule has 1 fully saturated rings. The lowest BCUT2D eigenvalue weighted by Gasteiger charge is -2.16. The van der Waals surface area contributed by atoms with Crippen molar-refractivity contribution in [3.8, 4) is 0 Å². The van der Waals surface area contributed by atoms with Crippen molar-refractivity contribution < 1.29 is 0 Å². The summed E-state index contributed by atoms with van der Waals surface area (Å²) in [6.07, 6.45) is 1.88. The van der Waals surface area contributed by atoms with Crippen LogP contribution in [-0.2, 0) is 13.1 Å². The summed E-state index contributed by atoms with van der Waals surface area (Å²) in [5, 5.41) is 4.33. The first-order valence-electron chi connectivity index (χ1n) is 7.31. The monoisotopic (exact) mass is 270 g/mol. The van der Waals surface area contributed by atoms with Gasteiger partial charge in [0.1, 0.15) is 0 Å². The van der Waals surface area contributed by atoms with Gasteiger partial charge in [0.15, 0.2) is 0 Å². The molecule has 1 aliphatic heterocycles. The van der Waals surface area contributed by atoms with Crippen LogP contribution < -0.4 is 5.73 Å². The van der Waals surface area contributed by atoms with E-state index in [0.29, 0.717) is 5.92 Å². The van der Waals surface area contributed by atoms with Crippen LogP contribution in [0.5, 0.6) is 0 Å². The number of hydrogen-bond donors (Lipinski definition) is 1. The van der Waals surface area contributed by atoms with Crippen LogP contribution >= 0.6 is 0 Å². The standard InChI is InChI=1S/C16H22N4/c1-2-20-14(8-9-18-20)10-19-11-15(16(17)12-19)13-6-4-3-5-7-13/h3-9,15-16H,2,10-12,17H2,1H3/t15-,16+/m0/s1. The van der Waals surface area contributed by atoms with E-state index in [4.69, 9.17) is 5.73 Å². The normalized spacial score (nSPS) is 23.3. The molecular formula is C16H22N4. The fourth-order valence-corrected chi connectivity index (χ4v) is 3.10. The molecule has 2 N–H and O–H groups in total. The van der Waals surface area contributed by atoms with E-state index < -0.39 is 0 Å². The van der Waals surface area contributed by atoms with Crippen molar-refractivity contribution in [2.45, 2.75) is 32.0 Å². The molecule has 1 aromatic heterocycles. The third-order valence-corrected chi connectivity index (χ3v) is 4.16. The Morgan fingerprint density at radius 1 is 1.20 bits per heavy atom. The molecule has 3 rings (SSSR count). The Bertz CT molecular complexity index is 549. The van der Waals surface area contributed by atoms with Crippen molar-refractivity contribution in [2.24, 2.45) is 5.73 Å². The van der Waals surface area contributed by atoms with Crippen LogP contribution in [0.4, 0.5) is 0 Å². The minimum absolute atomic E-state index is 0.218. The number of benzene rings is 1. The maximum Gasteiger partial charge on any atom is 0.0524 e. The van der Waals surface area contributed by atoms with Gasteiger partial charge in [0.25, 0.3) is 0 Å². The minimum atomic E-state index is 0.218. The maximum absolute atomic E-state index is 6.34. The molecule has 2 aromatic rings. The van der Waals surface area contributed by atoms with Crippen LogP contribution in [-0.4, -0.2) is 33.8 Å². The first kappa shape index (κ1) is 13.3. The van der Waals surface area contributed by atoms with E-state index >= 15 is 0 Å². The predicted octanol–water partition coefficient (Wildman–Crippen LogP) is 1.83. The van der Waals surface area contributed by atoms with Gasteiger partial charge in [0.05, 0.1) is 5.69 Å². The maximum atomic E-state index is 6.34. The third-order valence-electron chi connectivity index (χ3n) is 4.16. The Morgan fingerprint density at radius 3 is 2.75 bits per heavy atom. The zero-order chi connectivity index (χ0) is 13.9. The van der Waals surface area contributed by atoms with Crippen LogP contribution in [0, 0.1) is 0 Å². The number of nitrogens with two attached hydrogens (primary N) is 1. The Morgan fingerprint density at radius 2 is 2.00 bits per heavy atom. The second-order valence-electron chi connectivity index (χ2n) is 5.51. The lowest BCUT2D eigenvalue weighted by atomic mass is 9.95. The summed E-state index contributed by atoms with van der Waals surface area (Å²) in [7, 11) is 0. The van der Waals surface area contributed by atoms with Gasteiger partial charge in [-0.05, 0) is 18.6 Å². The fourth-order valence-electron chi connectivity index (χ4n) is 3.10. The minimum Gasteiger partial charge on any atom is -0.326 e. The summed E-state index contributed by atoms with van der Waals surface area (Å²) in [5.74, 6) is 0.439. The number of likely N-dealkylation sites (tertiary alicyclic amines) is 1. The zero-order valence-corrected chi connectivity index (χ0v) is 11.9. The average molecular weight is 270 g/mol. The fraction of sp³-hybridized carbons (Fsp3) is 0.438. The highest BCUT2D eigenvalue weighted by molar-refractivity contribution is 5.23. The van der Waals surface area contributed by atoms with E-state index in [2.05, 4.69) is 58.0 Å². The molecule has 0 aliphatic carbocycles. The molecule has 2 heterocycles. The molecule has 0 unspecified atom stereocenters. The molecule has 1 saturated heterocycles. The zero-order valence-electron chi connectivity index (χ0n) is 11.9. The van der Waals surface area contributed by atoms with Gasteiger partial charge in [-0.2, -0.15) is 5.10 Å². The third kappa shape index (κ3) is 2.62. The first-order valence-corrected chi connectivity index (χ1v) is 7.31. The highest BCUT2D eigenvalue weighted by atomic mass is 15.3. The van der Waals surface area contributed by atoms with Crippen LogP contribution in [0.1, 0.15) is 24.1 Å². The van der Waals surface area contributed by atoms with Crippen molar-refractivity contribution in [2.75, 3.05) is 13.1 Å². The van der Waals surface area contributed by atoms with Crippen molar-refractivity contribution in [3.63, 3.8) is 0 Å². The number of hydrogen-bond acceptors (Lipinski definition) is 3. The SMILES string of the molecule is CCn1nccc1CN1C[C@@H](N)[C@H](c2ccccc2)C1. The summed E-state index contributed by atoms with van der Waals surface area (Å²) < 4.78 is 2.06. The van der Waals surface area contributed by atoms with Gasteiger partial charge < -0.3 is 5.73 Å². The first-order chi connectivity index (χ1) is 9.78. The molecule has 106 valence electrons. The Kier molecular flexibility index (Phi) is 3.85. The Balaban J connectivity index is 1.69. The van der Waals surface area contributed by atoms with Crippen LogP contribution in [0.2, 0.25) is 0 Å². The molecule has 0 bridgehead atoms. The molecule has 4 heteroatoms. The average Bonchev–Trinajstić information content (AvgIpc) is 3.06. The number of rotatable bonds is 4. The highest BCUT2D eigenvalue weighted by Gasteiger charge is 2.31. The molecule has 1 aliphatic rings. The molecule has 2 atom stereocenters. The summed E-state index contributed by atoms with van der Waals surface area (Å²) in [5.41, 5.74) is 8.96. The lowest BCUT2D eigenvalue weighted by Crippen LogP contribution is -2.29. The molecular weight excluding hydrogens is 248 g/mol. The van der Waals surface area contributed by atoms with Gasteiger partial charge in [0, 0.05) is 44.3 Å².